The van der Waals surface area contributed by atoms with Gasteiger partial charge in [-0.3, -0.25) is 4.79 Å². The van der Waals surface area contributed by atoms with E-state index in [4.69, 9.17) is 16.3 Å². The van der Waals surface area contributed by atoms with Gasteiger partial charge >= 0.3 is 6.18 Å². The van der Waals surface area contributed by atoms with Crippen LogP contribution in [0.3, 0.4) is 0 Å². The third-order valence-corrected chi connectivity index (χ3v) is 4.49. The van der Waals surface area contributed by atoms with Gasteiger partial charge in [-0.2, -0.15) is 13.2 Å². The van der Waals surface area contributed by atoms with Crippen LogP contribution in [-0.2, 0) is 11.0 Å². The molecule has 2 heterocycles. The quantitative estimate of drug-likeness (QED) is 0.884. The van der Waals surface area contributed by atoms with Gasteiger partial charge in [0.25, 0.3) is 0 Å². The van der Waals surface area contributed by atoms with Crippen molar-refractivity contribution >= 4 is 17.5 Å². The standard InChI is InChI=1S/C17H14ClF3N2O2/c1-9(10-4-2-6-12(14(10)18)17(19,20)21)15(24)23-13-8-25-16-11(13)5-3-7-22-16/h2-7,9,13H,8H2,1H3,(H,23,24)/t9-,13-/m0/s1. The van der Waals surface area contributed by atoms with Crippen LogP contribution in [0.2, 0.25) is 5.02 Å². The molecular formula is C17H14ClF3N2O2. The molecule has 3 rings (SSSR count). The smallest absolute Gasteiger partial charge is 0.417 e. The second kappa shape index (κ2) is 6.55. The van der Waals surface area contributed by atoms with Crippen LogP contribution in [0.4, 0.5) is 13.2 Å². The van der Waals surface area contributed by atoms with Crippen LogP contribution in [0.1, 0.15) is 35.6 Å². The Morgan fingerprint density at radius 2 is 2.12 bits per heavy atom. The fraction of sp³-hybridized carbons (Fsp3) is 0.294. The van der Waals surface area contributed by atoms with E-state index in [1.807, 2.05) is 0 Å². The molecule has 1 N–H and O–H groups in total. The molecule has 4 nitrogen and oxygen atoms in total. The van der Waals surface area contributed by atoms with Gasteiger partial charge in [0.15, 0.2) is 0 Å². The van der Waals surface area contributed by atoms with Crippen molar-refractivity contribution in [3.05, 3.63) is 58.2 Å². The molecule has 0 aliphatic carbocycles. The summed E-state index contributed by atoms with van der Waals surface area (Å²) in [7, 11) is 0. The van der Waals surface area contributed by atoms with Crippen LogP contribution < -0.4 is 10.1 Å². The fourth-order valence-electron chi connectivity index (χ4n) is 2.70. The van der Waals surface area contributed by atoms with Gasteiger partial charge < -0.3 is 10.1 Å². The van der Waals surface area contributed by atoms with Crippen LogP contribution >= 0.6 is 11.6 Å². The summed E-state index contributed by atoms with van der Waals surface area (Å²) >= 11 is 5.90. The summed E-state index contributed by atoms with van der Waals surface area (Å²) < 4.78 is 44.3. The lowest BCUT2D eigenvalue weighted by Crippen LogP contribution is -2.33. The van der Waals surface area contributed by atoms with Crippen LogP contribution in [-0.4, -0.2) is 17.5 Å². The van der Waals surface area contributed by atoms with Gasteiger partial charge in [0.1, 0.15) is 6.61 Å². The first kappa shape index (κ1) is 17.5. The Labute approximate surface area is 147 Å². The van der Waals surface area contributed by atoms with E-state index >= 15 is 0 Å². The predicted octanol–water partition coefficient (Wildman–Crippen LogP) is 4.11. The molecule has 0 bridgehead atoms. The number of rotatable bonds is 3. The van der Waals surface area contributed by atoms with Crippen molar-refractivity contribution in [1.29, 1.82) is 0 Å². The summed E-state index contributed by atoms with van der Waals surface area (Å²) in [4.78, 5) is 16.5. The number of hydrogen-bond donors (Lipinski definition) is 1. The number of pyridine rings is 1. The van der Waals surface area contributed by atoms with E-state index < -0.39 is 34.6 Å². The van der Waals surface area contributed by atoms with Gasteiger partial charge in [-0.25, -0.2) is 4.98 Å². The van der Waals surface area contributed by atoms with Crippen molar-refractivity contribution in [2.24, 2.45) is 0 Å². The Morgan fingerprint density at radius 1 is 1.36 bits per heavy atom. The topological polar surface area (TPSA) is 51.2 Å². The molecule has 0 unspecified atom stereocenters. The second-order valence-corrected chi connectivity index (χ2v) is 6.08. The molecule has 132 valence electrons. The highest BCUT2D eigenvalue weighted by Gasteiger charge is 2.35. The van der Waals surface area contributed by atoms with Gasteiger partial charge in [-0.15, -0.1) is 0 Å². The predicted molar refractivity (Wildman–Crippen MR) is 85.5 cm³/mol. The highest BCUT2D eigenvalue weighted by atomic mass is 35.5. The molecule has 0 radical (unpaired) electrons. The van der Waals surface area contributed by atoms with Gasteiger partial charge in [0.05, 0.1) is 22.5 Å². The number of alkyl halides is 3. The molecule has 2 atom stereocenters. The molecule has 1 aliphatic rings. The summed E-state index contributed by atoms with van der Waals surface area (Å²) in [6, 6.07) is 6.66. The molecule has 0 fully saturated rings. The summed E-state index contributed by atoms with van der Waals surface area (Å²) in [5, 5.41) is 2.32. The highest BCUT2D eigenvalue weighted by molar-refractivity contribution is 6.32. The number of carbonyl (C=O) groups excluding carboxylic acids is 1. The molecular weight excluding hydrogens is 357 g/mol. The normalized spacial score (nSPS) is 17.6. The maximum absolute atomic E-state index is 13.0. The van der Waals surface area contributed by atoms with E-state index in [1.54, 1.807) is 18.3 Å². The van der Waals surface area contributed by atoms with Crippen molar-refractivity contribution in [2.75, 3.05) is 6.61 Å². The van der Waals surface area contributed by atoms with Crippen molar-refractivity contribution in [2.45, 2.75) is 25.1 Å². The number of nitrogens with one attached hydrogen (secondary N) is 1. The van der Waals surface area contributed by atoms with E-state index in [1.165, 1.54) is 19.1 Å². The van der Waals surface area contributed by atoms with Crippen LogP contribution in [0.15, 0.2) is 36.5 Å². The monoisotopic (exact) mass is 370 g/mol. The van der Waals surface area contributed by atoms with Crippen LogP contribution in [0.25, 0.3) is 0 Å². The third kappa shape index (κ3) is 3.42. The van der Waals surface area contributed by atoms with Crippen LogP contribution in [0, 0.1) is 0 Å². The molecule has 0 saturated carbocycles. The second-order valence-electron chi connectivity index (χ2n) is 5.70. The minimum absolute atomic E-state index is 0.124. The maximum Gasteiger partial charge on any atom is 0.417 e. The number of amides is 1. The highest BCUT2D eigenvalue weighted by Crippen LogP contribution is 2.38. The average Bonchev–Trinajstić information content (AvgIpc) is 2.96. The lowest BCUT2D eigenvalue weighted by molar-refractivity contribution is -0.137. The largest absolute Gasteiger partial charge is 0.475 e. The lowest BCUT2D eigenvalue weighted by atomic mass is 9.97. The number of aromatic nitrogens is 1. The van der Waals surface area contributed by atoms with Crippen molar-refractivity contribution < 1.29 is 22.7 Å². The number of nitrogens with zero attached hydrogens (tertiary/aromatic N) is 1. The van der Waals surface area contributed by atoms with E-state index in [0.717, 1.165) is 11.6 Å². The van der Waals surface area contributed by atoms with Crippen molar-refractivity contribution in [3.8, 4) is 5.88 Å². The Kier molecular flexibility index (Phi) is 4.60. The Hall–Kier alpha value is -2.28. The number of carbonyl (C=O) groups is 1. The van der Waals surface area contributed by atoms with Gasteiger partial charge in [-0.05, 0) is 30.7 Å². The Bertz CT molecular complexity index is 811. The van der Waals surface area contributed by atoms with Crippen LogP contribution in [0.5, 0.6) is 5.88 Å². The number of hydrogen-bond acceptors (Lipinski definition) is 3. The molecule has 2 aromatic rings. The summed E-state index contributed by atoms with van der Waals surface area (Å²) in [6.45, 7) is 1.73. The van der Waals surface area contributed by atoms with E-state index in [9.17, 15) is 18.0 Å². The zero-order valence-electron chi connectivity index (χ0n) is 13.1. The van der Waals surface area contributed by atoms with E-state index in [0.29, 0.717) is 5.88 Å². The van der Waals surface area contributed by atoms with E-state index in [2.05, 4.69) is 10.3 Å². The third-order valence-electron chi connectivity index (χ3n) is 4.07. The summed E-state index contributed by atoms with van der Waals surface area (Å²) in [6.07, 6.45) is -3.00. The number of benzene rings is 1. The SMILES string of the molecule is C[C@H](C(=O)N[C@H]1COc2ncccc21)c1cccc(C(F)(F)F)c1Cl. The molecule has 25 heavy (non-hydrogen) atoms. The minimum Gasteiger partial charge on any atom is -0.475 e. The molecule has 1 aromatic carbocycles. The summed E-state index contributed by atoms with van der Waals surface area (Å²) in [5.74, 6) is -0.848. The molecule has 8 heteroatoms. The number of ether oxygens (including phenoxy) is 1. The molecule has 0 spiro atoms. The molecule has 1 aliphatic heterocycles. The van der Waals surface area contributed by atoms with Gasteiger partial charge in [0.2, 0.25) is 11.8 Å². The van der Waals surface area contributed by atoms with E-state index in [-0.39, 0.29) is 12.2 Å². The Balaban J connectivity index is 1.80. The van der Waals surface area contributed by atoms with Crippen molar-refractivity contribution in [1.82, 2.24) is 10.3 Å². The Morgan fingerprint density at radius 3 is 2.84 bits per heavy atom. The first-order valence-electron chi connectivity index (χ1n) is 7.52. The first-order chi connectivity index (χ1) is 11.8. The number of fused-ring (bicyclic) bond motifs is 1. The fourth-order valence-corrected chi connectivity index (χ4v) is 3.10. The first-order valence-corrected chi connectivity index (χ1v) is 7.90. The summed E-state index contributed by atoms with van der Waals surface area (Å²) in [5.41, 5.74) is -0.0948. The van der Waals surface area contributed by atoms with Gasteiger partial charge in [0, 0.05) is 11.8 Å². The minimum atomic E-state index is -4.58. The van der Waals surface area contributed by atoms with Gasteiger partial charge in [-0.1, -0.05) is 23.7 Å². The zero-order valence-corrected chi connectivity index (χ0v) is 13.9. The molecule has 1 amide bonds. The molecule has 0 saturated heterocycles. The molecule has 1 aromatic heterocycles. The average molecular weight is 371 g/mol. The lowest BCUT2D eigenvalue weighted by Gasteiger charge is -2.19. The zero-order chi connectivity index (χ0) is 18.2. The van der Waals surface area contributed by atoms with Crippen molar-refractivity contribution in [3.63, 3.8) is 0 Å². The number of halogens is 4. The maximum atomic E-state index is 13.0.